The molecule has 1 amide bonds. The van der Waals surface area contributed by atoms with Gasteiger partial charge in [0, 0.05) is 38.5 Å². The third-order valence-electron chi connectivity index (χ3n) is 3.83. The number of rotatable bonds is 6. The number of carbonyl (C=O) groups is 1. The highest BCUT2D eigenvalue weighted by molar-refractivity contribution is 6.18. The van der Waals surface area contributed by atoms with Crippen molar-refractivity contribution >= 4 is 17.5 Å². The molecule has 0 aromatic heterocycles. The van der Waals surface area contributed by atoms with E-state index in [1.54, 1.807) is 4.90 Å². The van der Waals surface area contributed by atoms with E-state index in [2.05, 4.69) is 23.9 Å². The Kier molecular flexibility index (Phi) is 6.97. The van der Waals surface area contributed by atoms with Crippen molar-refractivity contribution in [1.29, 1.82) is 0 Å². The zero-order valence-electron chi connectivity index (χ0n) is 11.9. The first kappa shape index (κ1) is 15.7. The van der Waals surface area contributed by atoms with Gasteiger partial charge in [0.15, 0.2) is 0 Å². The molecule has 0 atom stereocenters. The molecule has 1 heterocycles. The number of hydrogen-bond acceptors (Lipinski definition) is 3. The second-order valence-electron chi connectivity index (χ2n) is 5.27. The fourth-order valence-corrected chi connectivity index (χ4v) is 2.48. The third-order valence-corrected chi connectivity index (χ3v) is 4.02. The van der Waals surface area contributed by atoms with E-state index in [-0.39, 0.29) is 5.91 Å². The van der Waals surface area contributed by atoms with Crippen LogP contribution in [0.5, 0.6) is 0 Å². The molecular formula is C13H26ClN3O. The van der Waals surface area contributed by atoms with E-state index in [9.17, 15) is 4.79 Å². The number of halogens is 1. The Bertz CT molecular complexity index is 255. The lowest BCUT2D eigenvalue weighted by atomic mass is 10.0. The minimum Gasteiger partial charge on any atom is -0.344 e. The van der Waals surface area contributed by atoms with Crippen molar-refractivity contribution in [1.82, 2.24) is 14.7 Å². The number of hydrogen-bond donors (Lipinski definition) is 0. The molecule has 0 N–H and O–H groups in total. The van der Waals surface area contributed by atoms with Crippen LogP contribution in [0.4, 0.5) is 0 Å². The van der Waals surface area contributed by atoms with Crippen LogP contribution in [0.2, 0.25) is 0 Å². The Balaban J connectivity index is 2.23. The summed E-state index contributed by atoms with van der Waals surface area (Å²) in [5, 5.41) is 0. The summed E-state index contributed by atoms with van der Waals surface area (Å²) in [6.45, 7) is 4.09. The summed E-state index contributed by atoms with van der Waals surface area (Å²) in [5.41, 5.74) is 0. The maximum absolute atomic E-state index is 11.6. The summed E-state index contributed by atoms with van der Waals surface area (Å²) in [7, 11) is 6.20. The van der Waals surface area contributed by atoms with Gasteiger partial charge in [-0.15, -0.1) is 11.6 Å². The summed E-state index contributed by atoms with van der Waals surface area (Å²) in [6, 6.07) is 0.665. The van der Waals surface area contributed by atoms with Crippen LogP contribution in [-0.4, -0.2) is 79.9 Å². The van der Waals surface area contributed by atoms with E-state index in [4.69, 9.17) is 11.6 Å². The second-order valence-corrected chi connectivity index (χ2v) is 5.65. The van der Waals surface area contributed by atoms with Crippen molar-refractivity contribution in [2.24, 2.45) is 0 Å². The highest BCUT2D eigenvalue weighted by Crippen LogP contribution is 2.13. The van der Waals surface area contributed by atoms with Gasteiger partial charge in [-0.25, -0.2) is 0 Å². The van der Waals surface area contributed by atoms with Gasteiger partial charge in [0.1, 0.15) is 0 Å². The molecule has 5 heteroatoms. The molecule has 0 bridgehead atoms. The molecule has 4 nitrogen and oxygen atoms in total. The molecule has 0 unspecified atom stereocenters. The Labute approximate surface area is 116 Å². The summed E-state index contributed by atoms with van der Waals surface area (Å²) >= 11 is 5.58. The first-order chi connectivity index (χ1) is 8.54. The van der Waals surface area contributed by atoms with Crippen molar-refractivity contribution in [3.05, 3.63) is 0 Å². The summed E-state index contributed by atoms with van der Waals surface area (Å²) in [5.74, 6) is 0.551. The molecular weight excluding hydrogens is 250 g/mol. The van der Waals surface area contributed by atoms with Gasteiger partial charge in [0.05, 0.1) is 0 Å². The van der Waals surface area contributed by atoms with Crippen LogP contribution in [0.15, 0.2) is 0 Å². The first-order valence-electron chi connectivity index (χ1n) is 6.73. The van der Waals surface area contributed by atoms with Gasteiger partial charge < -0.3 is 14.7 Å². The predicted molar refractivity (Wildman–Crippen MR) is 76.1 cm³/mol. The quantitative estimate of drug-likeness (QED) is 0.680. The van der Waals surface area contributed by atoms with Crippen LogP contribution >= 0.6 is 11.6 Å². The molecule has 1 saturated heterocycles. The summed E-state index contributed by atoms with van der Waals surface area (Å²) in [6.07, 6.45) is 2.90. The van der Waals surface area contributed by atoms with Crippen molar-refractivity contribution in [2.75, 3.05) is 53.2 Å². The van der Waals surface area contributed by atoms with Gasteiger partial charge >= 0.3 is 0 Å². The van der Waals surface area contributed by atoms with Crippen LogP contribution in [0.1, 0.15) is 19.3 Å². The Hall–Kier alpha value is -0.320. The maximum atomic E-state index is 11.6. The van der Waals surface area contributed by atoms with Crippen molar-refractivity contribution in [3.63, 3.8) is 0 Å². The lowest BCUT2D eigenvalue weighted by Crippen LogP contribution is -2.44. The number of likely N-dealkylation sites (tertiary alicyclic amines) is 1. The predicted octanol–water partition coefficient (Wildman–Crippen LogP) is 1.10. The third kappa shape index (κ3) is 5.12. The number of amides is 1. The van der Waals surface area contributed by atoms with Gasteiger partial charge in [-0.2, -0.15) is 0 Å². The highest BCUT2D eigenvalue weighted by atomic mass is 35.5. The Morgan fingerprint density at radius 2 is 1.89 bits per heavy atom. The first-order valence-corrected chi connectivity index (χ1v) is 7.26. The van der Waals surface area contributed by atoms with Crippen LogP contribution < -0.4 is 0 Å². The van der Waals surface area contributed by atoms with Crippen LogP contribution in [0.25, 0.3) is 0 Å². The zero-order chi connectivity index (χ0) is 13.5. The molecule has 0 aliphatic carbocycles. The number of piperidine rings is 1. The molecule has 1 aliphatic rings. The van der Waals surface area contributed by atoms with Gasteiger partial charge in [-0.1, -0.05) is 0 Å². The summed E-state index contributed by atoms with van der Waals surface area (Å²) in [4.78, 5) is 18.1. The maximum Gasteiger partial charge on any atom is 0.223 e. The van der Waals surface area contributed by atoms with E-state index in [0.29, 0.717) is 18.3 Å². The average Bonchev–Trinajstić information content (AvgIpc) is 2.36. The van der Waals surface area contributed by atoms with Crippen LogP contribution in [0, 0.1) is 0 Å². The smallest absolute Gasteiger partial charge is 0.223 e. The Morgan fingerprint density at radius 3 is 2.44 bits per heavy atom. The van der Waals surface area contributed by atoms with Crippen molar-refractivity contribution in [3.8, 4) is 0 Å². The molecule has 1 aliphatic heterocycles. The van der Waals surface area contributed by atoms with Gasteiger partial charge in [0.25, 0.3) is 0 Å². The fraction of sp³-hybridized carbons (Fsp3) is 0.923. The van der Waals surface area contributed by atoms with E-state index >= 15 is 0 Å². The second kappa shape index (κ2) is 7.97. The van der Waals surface area contributed by atoms with Gasteiger partial charge in [-0.3, -0.25) is 4.79 Å². The van der Waals surface area contributed by atoms with Gasteiger partial charge in [0.2, 0.25) is 5.91 Å². The molecule has 0 aromatic rings. The summed E-state index contributed by atoms with van der Waals surface area (Å²) < 4.78 is 0. The molecule has 0 saturated carbocycles. The Morgan fingerprint density at radius 1 is 1.28 bits per heavy atom. The SMILES string of the molecule is CN1CCC(N(C)CCN(C)C(=O)CCCl)CC1. The van der Waals surface area contributed by atoms with E-state index < -0.39 is 0 Å². The van der Waals surface area contributed by atoms with E-state index in [0.717, 1.165) is 13.1 Å². The highest BCUT2D eigenvalue weighted by Gasteiger charge is 2.20. The zero-order valence-corrected chi connectivity index (χ0v) is 12.6. The lowest BCUT2D eigenvalue weighted by molar-refractivity contribution is -0.129. The van der Waals surface area contributed by atoms with Crippen LogP contribution in [0.3, 0.4) is 0 Å². The standard InChI is InChI=1S/C13H26ClN3O/c1-15-8-5-12(6-9-15)16(2)10-11-17(3)13(18)4-7-14/h12H,4-11H2,1-3H3. The molecule has 0 spiro atoms. The fourth-order valence-electron chi connectivity index (χ4n) is 2.32. The number of alkyl halides is 1. The minimum atomic E-state index is 0.141. The molecule has 1 fully saturated rings. The number of likely N-dealkylation sites (N-methyl/N-ethyl adjacent to an activating group) is 2. The van der Waals surface area contributed by atoms with E-state index in [1.165, 1.54) is 25.9 Å². The molecule has 1 rings (SSSR count). The van der Waals surface area contributed by atoms with Crippen molar-refractivity contribution in [2.45, 2.75) is 25.3 Å². The average molecular weight is 276 g/mol. The molecule has 0 aromatic carbocycles. The number of nitrogens with zero attached hydrogens (tertiary/aromatic N) is 3. The minimum absolute atomic E-state index is 0.141. The topological polar surface area (TPSA) is 26.8 Å². The van der Waals surface area contributed by atoms with E-state index in [1.807, 2.05) is 7.05 Å². The normalized spacial score (nSPS) is 18.3. The number of carbonyl (C=O) groups excluding carboxylic acids is 1. The van der Waals surface area contributed by atoms with Crippen molar-refractivity contribution < 1.29 is 4.79 Å². The molecule has 18 heavy (non-hydrogen) atoms. The van der Waals surface area contributed by atoms with Gasteiger partial charge in [-0.05, 0) is 40.0 Å². The monoisotopic (exact) mass is 275 g/mol. The lowest BCUT2D eigenvalue weighted by Gasteiger charge is -2.35. The molecule has 0 radical (unpaired) electrons. The largest absolute Gasteiger partial charge is 0.344 e. The molecule has 106 valence electrons. The van der Waals surface area contributed by atoms with Crippen LogP contribution in [-0.2, 0) is 4.79 Å².